The smallest absolute Gasteiger partial charge is 0.245 e. The standard InChI is InChI=1S/C6H10N4O2/c7-6(11)3-12-10-2-5-1-8-4-9-5/h1,4,10H,2-3H2,(H2,7,11)(H,8,9). The second kappa shape index (κ2) is 4.47. The Bertz CT molecular complexity index is 234. The summed E-state index contributed by atoms with van der Waals surface area (Å²) >= 11 is 0. The Balaban J connectivity index is 2.07. The van der Waals surface area contributed by atoms with Gasteiger partial charge in [-0.25, -0.2) is 4.98 Å². The molecule has 0 aliphatic carbocycles. The van der Waals surface area contributed by atoms with Crippen LogP contribution < -0.4 is 11.2 Å². The molecule has 0 atom stereocenters. The monoisotopic (exact) mass is 170 g/mol. The zero-order valence-electron chi connectivity index (χ0n) is 6.41. The SMILES string of the molecule is NC(=O)CONCc1cnc[nH]1. The molecule has 1 rings (SSSR count). The summed E-state index contributed by atoms with van der Waals surface area (Å²) in [6.45, 7) is 0.335. The fourth-order valence-electron chi connectivity index (χ4n) is 0.632. The number of nitrogens with one attached hydrogen (secondary N) is 2. The van der Waals surface area contributed by atoms with E-state index < -0.39 is 5.91 Å². The molecule has 1 heterocycles. The number of aromatic nitrogens is 2. The van der Waals surface area contributed by atoms with E-state index in [1.807, 2.05) is 0 Å². The van der Waals surface area contributed by atoms with E-state index >= 15 is 0 Å². The lowest BCUT2D eigenvalue weighted by molar-refractivity contribution is -0.125. The average molecular weight is 170 g/mol. The van der Waals surface area contributed by atoms with Gasteiger partial charge in [0.1, 0.15) is 6.61 Å². The van der Waals surface area contributed by atoms with E-state index in [4.69, 9.17) is 10.6 Å². The molecule has 6 heteroatoms. The van der Waals surface area contributed by atoms with Crippen LogP contribution in [0, 0.1) is 0 Å². The van der Waals surface area contributed by atoms with E-state index in [1.165, 1.54) is 0 Å². The van der Waals surface area contributed by atoms with Crippen LogP contribution in [0.3, 0.4) is 0 Å². The summed E-state index contributed by atoms with van der Waals surface area (Å²) in [7, 11) is 0. The van der Waals surface area contributed by atoms with Gasteiger partial charge >= 0.3 is 0 Å². The Morgan fingerprint density at radius 3 is 3.25 bits per heavy atom. The van der Waals surface area contributed by atoms with E-state index in [9.17, 15) is 4.79 Å². The van der Waals surface area contributed by atoms with E-state index in [0.717, 1.165) is 5.69 Å². The van der Waals surface area contributed by atoms with Crippen LogP contribution in [0.15, 0.2) is 12.5 Å². The summed E-state index contributed by atoms with van der Waals surface area (Å²) in [5.41, 5.74) is 8.25. The molecule has 0 fully saturated rings. The lowest BCUT2D eigenvalue weighted by atomic mass is 10.5. The van der Waals surface area contributed by atoms with Crippen LogP contribution in [0.4, 0.5) is 0 Å². The van der Waals surface area contributed by atoms with Crippen LogP contribution in [-0.2, 0) is 16.2 Å². The Morgan fingerprint density at radius 2 is 2.67 bits per heavy atom. The summed E-state index contributed by atoms with van der Waals surface area (Å²) in [5.74, 6) is -0.507. The number of nitrogens with two attached hydrogens (primary N) is 1. The van der Waals surface area contributed by atoms with Crippen LogP contribution >= 0.6 is 0 Å². The molecule has 0 unspecified atom stereocenters. The van der Waals surface area contributed by atoms with Gasteiger partial charge in [0, 0.05) is 6.20 Å². The molecule has 0 spiro atoms. The zero-order valence-corrected chi connectivity index (χ0v) is 6.41. The van der Waals surface area contributed by atoms with Crippen LogP contribution in [0.5, 0.6) is 0 Å². The van der Waals surface area contributed by atoms with E-state index in [1.54, 1.807) is 12.5 Å². The molecule has 66 valence electrons. The number of hydrogen-bond acceptors (Lipinski definition) is 4. The third-order valence-corrected chi connectivity index (χ3v) is 1.13. The van der Waals surface area contributed by atoms with E-state index in [-0.39, 0.29) is 6.61 Å². The van der Waals surface area contributed by atoms with Crippen molar-refractivity contribution < 1.29 is 9.63 Å². The molecule has 6 nitrogen and oxygen atoms in total. The predicted octanol–water partition coefficient (Wildman–Crippen LogP) is -1.08. The first-order valence-electron chi connectivity index (χ1n) is 3.39. The number of carbonyl (C=O) groups excluding carboxylic acids is 1. The number of amides is 1. The van der Waals surface area contributed by atoms with Gasteiger partial charge in [0.15, 0.2) is 0 Å². The van der Waals surface area contributed by atoms with Gasteiger partial charge in [-0.1, -0.05) is 0 Å². The Labute approximate surface area is 69.1 Å². The molecule has 0 bridgehead atoms. The molecule has 12 heavy (non-hydrogen) atoms. The number of imidazole rings is 1. The van der Waals surface area contributed by atoms with Gasteiger partial charge in [-0.2, -0.15) is 5.48 Å². The largest absolute Gasteiger partial charge is 0.368 e. The number of hydrogen-bond donors (Lipinski definition) is 3. The molecule has 0 saturated heterocycles. The van der Waals surface area contributed by atoms with Crippen molar-refractivity contribution in [1.29, 1.82) is 0 Å². The van der Waals surface area contributed by atoms with Crippen molar-refractivity contribution >= 4 is 5.91 Å². The van der Waals surface area contributed by atoms with Gasteiger partial charge in [0.05, 0.1) is 18.6 Å². The molecule has 0 saturated carbocycles. The Kier molecular flexibility index (Phi) is 3.24. The summed E-state index contributed by atoms with van der Waals surface area (Å²) in [6, 6.07) is 0. The number of primary amides is 1. The number of carbonyl (C=O) groups is 1. The first-order valence-corrected chi connectivity index (χ1v) is 3.39. The molecular formula is C6H10N4O2. The third kappa shape index (κ3) is 3.13. The maximum Gasteiger partial charge on any atom is 0.245 e. The molecule has 0 radical (unpaired) electrons. The Morgan fingerprint density at radius 1 is 1.83 bits per heavy atom. The predicted molar refractivity (Wildman–Crippen MR) is 40.6 cm³/mol. The van der Waals surface area contributed by atoms with Crippen molar-refractivity contribution in [3.8, 4) is 0 Å². The van der Waals surface area contributed by atoms with Crippen LogP contribution in [0.25, 0.3) is 0 Å². The minimum absolute atomic E-state index is 0.131. The molecule has 0 aliphatic rings. The van der Waals surface area contributed by atoms with Gasteiger partial charge in [-0.3, -0.25) is 9.63 Å². The van der Waals surface area contributed by atoms with Crippen LogP contribution in [0.1, 0.15) is 5.69 Å². The lowest BCUT2D eigenvalue weighted by Gasteiger charge is -2.00. The average Bonchev–Trinajstić information content (AvgIpc) is 2.49. The van der Waals surface area contributed by atoms with Crippen LogP contribution in [-0.4, -0.2) is 22.5 Å². The topological polar surface area (TPSA) is 93.0 Å². The highest BCUT2D eigenvalue weighted by atomic mass is 16.6. The number of nitrogens with zero attached hydrogens (tertiary/aromatic N) is 1. The summed E-state index contributed by atoms with van der Waals surface area (Å²) in [5, 5.41) is 0. The van der Waals surface area contributed by atoms with Gasteiger partial charge in [-0.15, -0.1) is 0 Å². The second-order valence-electron chi connectivity index (χ2n) is 2.15. The van der Waals surface area contributed by atoms with Crippen molar-refractivity contribution in [3.05, 3.63) is 18.2 Å². The maximum absolute atomic E-state index is 10.2. The van der Waals surface area contributed by atoms with E-state index in [0.29, 0.717) is 6.54 Å². The van der Waals surface area contributed by atoms with Crippen molar-refractivity contribution in [2.75, 3.05) is 6.61 Å². The third-order valence-electron chi connectivity index (χ3n) is 1.13. The normalized spacial score (nSPS) is 10.0. The summed E-state index contributed by atoms with van der Waals surface area (Å²) in [6.07, 6.45) is 3.21. The molecule has 1 aromatic heterocycles. The van der Waals surface area contributed by atoms with Gasteiger partial charge in [0.25, 0.3) is 0 Å². The van der Waals surface area contributed by atoms with Gasteiger partial charge in [-0.05, 0) is 0 Å². The van der Waals surface area contributed by atoms with Crippen LogP contribution in [0.2, 0.25) is 0 Å². The fourth-order valence-corrected chi connectivity index (χ4v) is 0.632. The number of aromatic amines is 1. The number of H-pyrrole nitrogens is 1. The number of rotatable bonds is 5. The summed E-state index contributed by atoms with van der Waals surface area (Å²) in [4.78, 5) is 21.5. The molecule has 0 aromatic carbocycles. The fraction of sp³-hybridized carbons (Fsp3) is 0.333. The Hall–Kier alpha value is -1.40. The van der Waals surface area contributed by atoms with Gasteiger partial charge < -0.3 is 10.7 Å². The van der Waals surface area contributed by atoms with Crippen molar-refractivity contribution in [3.63, 3.8) is 0 Å². The molecule has 1 amide bonds. The quantitative estimate of drug-likeness (QED) is 0.387. The van der Waals surface area contributed by atoms with Crippen molar-refractivity contribution in [2.45, 2.75) is 6.54 Å². The zero-order chi connectivity index (χ0) is 8.81. The highest BCUT2D eigenvalue weighted by molar-refractivity contribution is 5.74. The first-order chi connectivity index (χ1) is 5.79. The molecule has 4 N–H and O–H groups in total. The van der Waals surface area contributed by atoms with Gasteiger partial charge in [0.2, 0.25) is 5.91 Å². The molecular weight excluding hydrogens is 160 g/mol. The molecule has 0 aliphatic heterocycles. The minimum atomic E-state index is -0.507. The first kappa shape index (κ1) is 8.69. The molecule has 1 aromatic rings. The number of hydroxylamine groups is 1. The second-order valence-corrected chi connectivity index (χ2v) is 2.15. The lowest BCUT2D eigenvalue weighted by Crippen LogP contribution is -2.24. The summed E-state index contributed by atoms with van der Waals surface area (Å²) < 4.78 is 0. The highest BCUT2D eigenvalue weighted by Crippen LogP contribution is 1.88. The highest BCUT2D eigenvalue weighted by Gasteiger charge is 1.94. The van der Waals surface area contributed by atoms with Crippen molar-refractivity contribution in [2.24, 2.45) is 5.73 Å². The minimum Gasteiger partial charge on any atom is -0.368 e. The van der Waals surface area contributed by atoms with Crippen molar-refractivity contribution in [1.82, 2.24) is 15.4 Å². The van der Waals surface area contributed by atoms with E-state index in [2.05, 4.69) is 15.4 Å². The maximum atomic E-state index is 10.2.